The molecule has 0 bridgehead atoms. The molecule has 1 aromatic rings. The fraction of sp³-hybridized carbons (Fsp3) is 0.385. The van der Waals surface area contributed by atoms with Gasteiger partial charge >= 0.3 is 0 Å². The van der Waals surface area contributed by atoms with Crippen molar-refractivity contribution in [3.05, 3.63) is 22.7 Å². The van der Waals surface area contributed by atoms with Gasteiger partial charge in [-0.3, -0.25) is 4.79 Å². The molecule has 0 radical (unpaired) electrons. The fourth-order valence-electron chi connectivity index (χ4n) is 1.80. The van der Waals surface area contributed by atoms with Crippen molar-refractivity contribution in [1.82, 2.24) is 0 Å². The van der Waals surface area contributed by atoms with Crippen molar-refractivity contribution in [1.29, 1.82) is 5.26 Å². The van der Waals surface area contributed by atoms with E-state index < -0.39 is 5.41 Å². The van der Waals surface area contributed by atoms with Crippen molar-refractivity contribution in [2.45, 2.75) is 12.8 Å². The molecule has 1 aromatic carbocycles. The predicted octanol–water partition coefficient (Wildman–Crippen LogP) is 2.72. The summed E-state index contributed by atoms with van der Waals surface area (Å²) in [5.74, 6) is 0.572. The Morgan fingerprint density at radius 1 is 1.56 bits per heavy atom. The summed E-state index contributed by atoms with van der Waals surface area (Å²) in [5.41, 5.74) is -0.0459. The number of hydrogen-bond donors (Lipinski definition) is 0. The molecule has 0 spiro atoms. The lowest BCUT2D eigenvalue weighted by Gasteiger charge is -2.20. The van der Waals surface area contributed by atoms with E-state index in [-0.39, 0.29) is 5.91 Å². The molecule has 5 heteroatoms. The molecule has 0 atom stereocenters. The van der Waals surface area contributed by atoms with Crippen LogP contribution in [0.2, 0.25) is 0 Å². The zero-order valence-corrected chi connectivity index (χ0v) is 11.8. The van der Waals surface area contributed by atoms with Gasteiger partial charge in [0.2, 0.25) is 5.91 Å². The number of nitrogens with zero attached hydrogens (tertiary/aromatic N) is 2. The third kappa shape index (κ3) is 2.08. The Morgan fingerprint density at radius 2 is 2.22 bits per heavy atom. The molecule has 4 nitrogen and oxygen atoms in total. The van der Waals surface area contributed by atoms with Gasteiger partial charge in [-0.15, -0.1) is 0 Å². The van der Waals surface area contributed by atoms with E-state index >= 15 is 0 Å². The molecule has 2 rings (SSSR count). The number of carbonyl (C=O) groups excluding carboxylic acids is 1. The van der Waals surface area contributed by atoms with Crippen molar-refractivity contribution in [3.8, 4) is 11.8 Å². The average molecular weight is 309 g/mol. The van der Waals surface area contributed by atoms with Gasteiger partial charge in [0.1, 0.15) is 11.2 Å². The van der Waals surface area contributed by atoms with Crippen molar-refractivity contribution < 1.29 is 9.53 Å². The van der Waals surface area contributed by atoms with Crippen molar-refractivity contribution in [2.75, 3.05) is 19.1 Å². The third-order valence-electron chi connectivity index (χ3n) is 3.20. The van der Waals surface area contributed by atoms with Crippen LogP contribution in [-0.2, 0) is 4.79 Å². The molecule has 1 aliphatic carbocycles. The Labute approximate surface area is 114 Å². The first-order valence-corrected chi connectivity index (χ1v) is 6.36. The SMILES string of the molecule is COc1ccc(N(C)C(=O)C2(C#N)CC2)cc1Br. The van der Waals surface area contributed by atoms with E-state index in [1.807, 2.05) is 6.07 Å². The highest BCUT2D eigenvalue weighted by atomic mass is 79.9. The van der Waals surface area contributed by atoms with E-state index in [9.17, 15) is 4.79 Å². The van der Waals surface area contributed by atoms with Gasteiger partial charge < -0.3 is 9.64 Å². The third-order valence-corrected chi connectivity index (χ3v) is 3.82. The minimum Gasteiger partial charge on any atom is -0.496 e. The van der Waals surface area contributed by atoms with Gasteiger partial charge in [0.05, 0.1) is 17.7 Å². The van der Waals surface area contributed by atoms with Crippen molar-refractivity contribution in [2.24, 2.45) is 5.41 Å². The number of anilines is 1. The molecule has 18 heavy (non-hydrogen) atoms. The van der Waals surface area contributed by atoms with E-state index in [0.29, 0.717) is 18.6 Å². The van der Waals surface area contributed by atoms with E-state index in [1.165, 1.54) is 4.90 Å². The van der Waals surface area contributed by atoms with E-state index in [2.05, 4.69) is 22.0 Å². The van der Waals surface area contributed by atoms with Gasteiger partial charge in [-0.05, 0) is 47.0 Å². The molecular weight excluding hydrogens is 296 g/mol. The van der Waals surface area contributed by atoms with Crippen LogP contribution >= 0.6 is 15.9 Å². The monoisotopic (exact) mass is 308 g/mol. The first kappa shape index (κ1) is 12.9. The number of carbonyl (C=O) groups is 1. The van der Waals surface area contributed by atoms with Crippen LogP contribution < -0.4 is 9.64 Å². The Kier molecular flexibility index (Phi) is 3.31. The second kappa shape index (κ2) is 4.62. The van der Waals surface area contributed by atoms with Crippen LogP contribution in [0.1, 0.15) is 12.8 Å². The zero-order chi connectivity index (χ0) is 13.3. The largest absolute Gasteiger partial charge is 0.496 e. The molecule has 1 saturated carbocycles. The summed E-state index contributed by atoms with van der Waals surface area (Å²) in [6.45, 7) is 0. The summed E-state index contributed by atoms with van der Waals surface area (Å²) in [7, 11) is 3.28. The number of methoxy groups -OCH3 is 1. The quantitative estimate of drug-likeness (QED) is 0.862. The van der Waals surface area contributed by atoms with Gasteiger partial charge in [0.15, 0.2) is 0 Å². The number of hydrogen-bond acceptors (Lipinski definition) is 3. The van der Waals surface area contributed by atoms with Crippen LogP contribution in [0.5, 0.6) is 5.75 Å². The van der Waals surface area contributed by atoms with Gasteiger partial charge in [0, 0.05) is 12.7 Å². The normalized spacial score (nSPS) is 15.7. The fourth-order valence-corrected chi connectivity index (χ4v) is 2.33. The lowest BCUT2D eigenvalue weighted by molar-refractivity contribution is -0.121. The summed E-state index contributed by atoms with van der Waals surface area (Å²) in [6, 6.07) is 7.51. The Hall–Kier alpha value is -1.54. The van der Waals surface area contributed by atoms with Gasteiger partial charge in [-0.25, -0.2) is 0 Å². The maximum atomic E-state index is 12.2. The predicted molar refractivity (Wildman–Crippen MR) is 71.4 cm³/mol. The molecule has 0 N–H and O–H groups in total. The summed E-state index contributed by atoms with van der Waals surface area (Å²) >= 11 is 3.38. The molecule has 0 heterocycles. The molecule has 0 aliphatic heterocycles. The summed E-state index contributed by atoms with van der Waals surface area (Å²) in [4.78, 5) is 13.7. The first-order chi connectivity index (χ1) is 8.54. The minimum absolute atomic E-state index is 0.137. The summed E-state index contributed by atoms with van der Waals surface area (Å²) in [6.07, 6.45) is 1.31. The maximum Gasteiger partial charge on any atom is 0.247 e. The number of ether oxygens (including phenoxy) is 1. The molecule has 0 aromatic heterocycles. The number of nitriles is 1. The second-order valence-electron chi connectivity index (χ2n) is 4.38. The zero-order valence-electron chi connectivity index (χ0n) is 10.2. The Morgan fingerprint density at radius 3 is 2.67 bits per heavy atom. The molecule has 0 unspecified atom stereocenters. The summed E-state index contributed by atoms with van der Waals surface area (Å²) < 4.78 is 5.92. The number of rotatable bonds is 3. The van der Waals surface area contributed by atoms with E-state index in [0.717, 1.165) is 10.2 Å². The highest BCUT2D eigenvalue weighted by Gasteiger charge is 2.52. The van der Waals surface area contributed by atoms with Gasteiger partial charge in [-0.1, -0.05) is 0 Å². The molecule has 1 aliphatic rings. The van der Waals surface area contributed by atoms with Gasteiger partial charge in [0.25, 0.3) is 0 Å². The maximum absolute atomic E-state index is 12.2. The van der Waals surface area contributed by atoms with Crippen LogP contribution in [0.4, 0.5) is 5.69 Å². The molecule has 1 fully saturated rings. The summed E-state index contributed by atoms with van der Waals surface area (Å²) in [5, 5.41) is 9.03. The van der Waals surface area contributed by atoms with Crippen LogP contribution in [0, 0.1) is 16.7 Å². The van der Waals surface area contributed by atoms with Crippen LogP contribution in [0.15, 0.2) is 22.7 Å². The van der Waals surface area contributed by atoms with Crippen LogP contribution in [-0.4, -0.2) is 20.1 Å². The van der Waals surface area contributed by atoms with Crippen molar-refractivity contribution in [3.63, 3.8) is 0 Å². The van der Waals surface area contributed by atoms with Crippen molar-refractivity contribution >= 4 is 27.5 Å². The number of amides is 1. The molecule has 94 valence electrons. The smallest absolute Gasteiger partial charge is 0.247 e. The number of benzene rings is 1. The minimum atomic E-state index is -0.791. The van der Waals surface area contributed by atoms with E-state index in [1.54, 1.807) is 26.3 Å². The van der Waals surface area contributed by atoms with Crippen LogP contribution in [0.3, 0.4) is 0 Å². The first-order valence-electron chi connectivity index (χ1n) is 5.57. The lowest BCUT2D eigenvalue weighted by atomic mass is 10.1. The van der Waals surface area contributed by atoms with E-state index in [4.69, 9.17) is 10.00 Å². The highest BCUT2D eigenvalue weighted by Crippen LogP contribution is 2.47. The molecule has 1 amide bonds. The second-order valence-corrected chi connectivity index (χ2v) is 5.23. The lowest BCUT2D eigenvalue weighted by Crippen LogP contribution is -2.33. The Balaban J connectivity index is 2.24. The highest BCUT2D eigenvalue weighted by molar-refractivity contribution is 9.10. The Bertz CT molecular complexity index is 532. The average Bonchev–Trinajstić information content (AvgIpc) is 3.18. The standard InChI is InChI=1S/C13H13BrN2O2/c1-16(12(17)13(8-15)5-6-13)9-3-4-11(18-2)10(14)7-9/h3-4,7H,5-6H2,1-2H3. The number of halogens is 1. The van der Waals surface area contributed by atoms with Gasteiger partial charge in [-0.2, -0.15) is 5.26 Å². The molecule has 0 saturated heterocycles. The van der Waals surface area contributed by atoms with Crippen LogP contribution in [0.25, 0.3) is 0 Å². The molecular formula is C13H13BrN2O2. The topological polar surface area (TPSA) is 53.3 Å².